The summed E-state index contributed by atoms with van der Waals surface area (Å²) < 4.78 is 5.32. The summed E-state index contributed by atoms with van der Waals surface area (Å²) >= 11 is 5.75. The van der Waals surface area contributed by atoms with Crippen LogP contribution < -0.4 is 10.6 Å². The quantitative estimate of drug-likeness (QED) is 0.917. The second kappa shape index (κ2) is 4.40. The molecule has 2 heterocycles. The van der Waals surface area contributed by atoms with Crippen LogP contribution >= 0.6 is 11.6 Å². The van der Waals surface area contributed by atoms with Crippen LogP contribution in [0, 0.1) is 0 Å². The number of nitrogens with two attached hydrogens (primary N) is 1. The maximum Gasteiger partial charge on any atom is 0.231 e. The summed E-state index contributed by atoms with van der Waals surface area (Å²) in [6, 6.07) is 8.84. The van der Waals surface area contributed by atoms with Crippen LogP contribution in [0.5, 0.6) is 0 Å². The number of carbonyl (C=O) groups is 1. The van der Waals surface area contributed by atoms with Gasteiger partial charge in [-0.1, -0.05) is 12.1 Å². The number of benzene rings is 1. The van der Waals surface area contributed by atoms with Gasteiger partial charge in [-0.2, -0.15) is 0 Å². The Kier molecular flexibility index (Phi) is 2.84. The zero-order chi connectivity index (χ0) is 13.6. The molecular weight excluding hydrogens is 264 g/mol. The normalized spacial score (nSPS) is 15.7. The molecule has 1 aromatic heterocycles. The van der Waals surface area contributed by atoms with E-state index in [1.165, 1.54) is 0 Å². The number of amides is 1. The van der Waals surface area contributed by atoms with E-state index in [2.05, 4.69) is 0 Å². The maximum absolute atomic E-state index is 11.6. The minimum absolute atomic E-state index is 0.0989. The lowest BCUT2D eigenvalue weighted by Gasteiger charge is -2.13. The van der Waals surface area contributed by atoms with Gasteiger partial charge < -0.3 is 15.1 Å². The van der Waals surface area contributed by atoms with Crippen molar-refractivity contribution in [1.29, 1.82) is 0 Å². The van der Waals surface area contributed by atoms with Crippen LogP contribution in [0.15, 0.2) is 34.7 Å². The lowest BCUT2D eigenvalue weighted by atomic mass is 10.0. The summed E-state index contributed by atoms with van der Waals surface area (Å²) in [6.45, 7) is 0. The molecule has 1 amide bonds. The van der Waals surface area contributed by atoms with Crippen molar-refractivity contribution in [2.24, 2.45) is 5.73 Å². The van der Waals surface area contributed by atoms with Crippen molar-refractivity contribution in [2.45, 2.75) is 12.5 Å². The van der Waals surface area contributed by atoms with Gasteiger partial charge in [-0.15, -0.1) is 0 Å². The second-order valence-corrected chi connectivity index (χ2v) is 5.01. The lowest BCUT2D eigenvalue weighted by molar-refractivity contribution is -0.117. The SMILES string of the molecule is CN1C(=O)Cc2cc(C(N)c3ccc(Cl)o3)ccc21. The molecule has 0 saturated heterocycles. The molecule has 19 heavy (non-hydrogen) atoms. The summed E-state index contributed by atoms with van der Waals surface area (Å²) in [6.07, 6.45) is 0.422. The molecule has 1 aliphatic heterocycles. The van der Waals surface area contributed by atoms with E-state index in [0.29, 0.717) is 17.4 Å². The molecule has 0 spiro atoms. The van der Waals surface area contributed by atoms with Crippen LogP contribution in [0.1, 0.15) is 22.9 Å². The van der Waals surface area contributed by atoms with Crippen molar-refractivity contribution in [3.05, 3.63) is 52.4 Å². The van der Waals surface area contributed by atoms with Gasteiger partial charge in [-0.05, 0) is 40.9 Å². The average Bonchev–Trinajstić information content (AvgIpc) is 2.94. The van der Waals surface area contributed by atoms with E-state index < -0.39 is 0 Å². The van der Waals surface area contributed by atoms with Crippen LogP contribution in [0.3, 0.4) is 0 Å². The van der Waals surface area contributed by atoms with Crippen LogP contribution in [0.4, 0.5) is 5.69 Å². The summed E-state index contributed by atoms with van der Waals surface area (Å²) in [5.41, 5.74) is 8.99. The van der Waals surface area contributed by atoms with E-state index in [4.69, 9.17) is 21.8 Å². The maximum atomic E-state index is 11.6. The fourth-order valence-corrected chi connectivity index (χ4v) is 2.50. The number of halogens is 1. The minimum Gasteiger partial charge on any atom is -0.448 e. The predicted octanol–water partition coefficient (Wildman–Crippen LogP) is 2.50. The number of nitrogens with zero attached hydrogens (tertiary/aromatic N) is 1. The van der Waals surface area contributed by atoms with Gasteiger partial charge in [-0.3, -0.25) is 4.79 Å². The summed E-state index contributed by atoms with van der Waals surface area (Å²) in [5, 5.41) is 0.321. The first-order valence-electron chi connectivity index (χ1n) is 5.96. The molecule has 3 rings (SSSR count). The van der Waals surface area contributed by atoms with Gasteiger partial charge in [0.2, 0.25) is 5.91 Å². The number of likely N-dealkylation sites (N-methyl/N-ethyl adjacent to an activating group) is 1. The third-order valence-electron chi connectivity index (χ3n) is 3.44. The Balaban J connectivity index is 1.95. The van der Waals surface area contributed by atoms with E-state index in [-0.39, 0.29) is 11.9 Å². The van der Waals surface area contributed by atoms with Crippen molar-refractivity contribution >= 4 is 23.2 Å². The third-order valence-corrected chi connectivity index (χ3v) is 3.64. The number of anilines is 1. The number of carbonyl (C=O) groups excluding carboxylic acids is 1. The van der Waals surface area contributed by atoms with E-state index in [1.54, 1.807) is 24.1 Å². The molecule has 1 unspecified atom stereocenters. The Hall–Kier alpha value is -1.78. The lowest BCUT2D eigenvalue weighted by Crippen LogP contribution is -2.20. The molecule has 1 aliphatic rings. The largest absolute Gasteiger partial charge is 0.448 e. The molecule has 0 radical (unpaired) electrons. The minimum atomic E-state index is -0.376. The molecule has 98 valence electrons. The highest BCUT2D eigenvalue weighted by Gasteiger charge is 2.25. The molecule has 0 bridgehead atoms. The number of hydrogen-bond donors (Lipinski definition) is 1. The molecule has 0 fully saturated rings. The highest BCUT2D eigenvalue weighted by atomic mass is 35.5. The number of fused-ring (bicyclic) bond motifs is 1. The average molecular weight is 277 g/mol. The Morgan fingerprint density at radius 2 is 2.16 bits per heavy atom. The summed E-state index contributed by atoms with van der Waals surface area (Å²) in [5.74, 6) is 0.712. The van der Waals surface area contributed by atoms with Crippen molar-refractivity contribution in [2.75, 3.05) is 11.9 Å². The van der Waals surface area contributed by atoms with Crippen LogP contribution in [-0.4, -0.2) is 13.0 Å². The monoisotopic (exact) mass is 276 g/mol. The van der Waals surface area contributed by atoms with Crippen molar-refractivity contribution in [3.63, 3.8) is 0 Å². The van der Waals surface area contributed by atoms with Crippen molar-refractivity contribution < 1.29 is 9.21 Å². The molecule has 0 saturated carbocycles. The Morgan fingerprint density at radius 1 is 1.37 bits per heavy atom. The molecular formula is C14H13ClN2O2. The predicted molar refractivity (Wildman–Crippen MR) is 73.3 cm³/mol. The van der Waals surface area contributed by atoms with Gasteiger partial charge in [0.25, 0.3) is 0 Å². The fraction of sp³-hybridized carbons (Fsp3) is 0.214. The molecule has 1 atom stereocenters. The van der Waals surface area contributed by atoms with Crippen molar-refractivity contribution in [3.8, 4) is 0 Å². The molecule has 1 aromatic carbocycles. The Bertz CT molecular complexity index is 651. The molecule has 4 nitrogen and oxygen atoms in total. The molecule has 2 aromatic rings. The fourth-order valence-electron chi connectivity index (χ4n) is 2.34. The Labute approximate surface area is 115 Å². The van der Waals surface area contributed by atoms with Crippen molar-refractivity contribution in [1.82, 2.24) is 0 Å². The van der Waals surface area contributed by atoms with Gasteiger partial charge in [0.15, 0.2) is 5.22 Å². The topological polar surface area (TPSA) is 59.5 Å². The zero-order valence-electron chi connectivity index (χ0n) is 10.4. The van der Waals surface area contributed by atoms with Crippen LogP contribution in [0.25, 0.3) is 0 Å². The van der Waals surface area contributed by atoms with E-state index in [0.717, 1.165) is 16.8 Å². The van der Waals surface area contributed by atoms with Gasteiger partial charge in [0, 0.05) is 12.7 Å². The standard InChI is InChI=1S/C14H13ClN2O2/c1-17-10-3-2-8(6-9(10)7-13(17)18)14(16)11-4-5-12(15)19-11/h2-6,14H,7,16H2,1H3. The first kappa shape index (κ1) is 12.3. The van der Waals surface area contributed by atoms with Crippen LogP contribution in [-0.2, 0) is 11.2 Å². The van der Waals surface area contributed by atoms with Gasteiger partial charge in [-0.25, -0.2) is 0 Å². The smallest absolute Gasteiger partial charge is 0.231 e. The van der Waals surface area contributed by atoms with Gasteiger partial charge in [0.05, 0.1) is 12.5 Å². The number of rotatable bonds is 2. The van der Waals surface area contributed by atoms with E-state index >= 15 is 0 Å². The molecule has 5 heteroatoms. The van der Waals surface area contributed by atoms with Gasteiger partial charge in [0.1, 0.15) is 5.76 Å². The number of furan rings is 1. The highest BCUT2D eigenvalue weighted by molar-refractivity contribution is 6.28. The second-order valence-electron chi connectivity index (χ2n) is 4.64. The zero-order valence-corrected chi connectivity index (χ0v) is 11.1. The van der Waals surface area contributed by atoms with E-state index in [1.807, 2.05) is 18.2 Å². The Morgan fingerprint density at radius 3 is 2.84 bits per heavy atom. The first-order chi connectivity index (χ1) is 9.06. The van der Waals surface area contributed by atoms with Crippen LogP contribution in [0.2, 0.25) is 5.22 Å². The third kappa shape index (κ3) is 2.03. The molecule has 0 aliphatic carbocycles. The van der Waals surface area contributed by atoms with E-state index in [9.17, 15) is 4.79 Å². The van der Waals surface area contributed by atoms with Gasteiger partial charge >= 0.3 is 0 Å². The highest BCUT2D eigenvalue weighted by Crippen LogP contribution is 2.31. The first-order valence-corrected chi connectivity index (χ1v) is 6.34. The number of hydrogen-bond acceptors (Lipinski definition) is 3. The molecule has 2 N–H and O–H groups in total. The summed E-state index contributed by atoms with van der Waals surface area (Å²) in [4.78, 5) is 13.3. The summed E-state index contributed by atoms with van der Waals surface area (Å²) in [7, 11) is 1.78.